The fourth-order valence-electron chi connectivity index (χ4n) is 5.18. The van der Waals surface area contributed by atoms with Gasteiger partial charge in [0.1, 0.15) is 0 Å². The monoisotopic (exact) mass is 485 g/mol. The van der Waals surface area contributed by atoms with Crippen molar-refractivity contribution in [2.45, 2.75) is 32.0 Å². The lowest BCUT2D eigenvalue weighted by Crippen LogP contribution is -2.37. The van der Waals surface area contributed by atoms with Gasteiger partial charge in [0, 0.05) is 50.5 Å². The molecule has 3 aromatic heterocycles. The molecule has 9 heteroatoms. The smallest absolute Gasteiger partial charge is 0.166 e. The topological polar surface area (TPSA) is 92.4 Å². The highest BCUT2D eigenvalue weighted by atomic mass is 16.5. The van der Waals surface area contributed by atoms with Crippen molar-refractivity contribution in [1.29, 1.82) is 0 Å². The van der Waals surface area contributed by atoms with Crippen LogP contribution in [0.15, 0.2) is 55.0 Å². The molecule has 0 radical (unpaired) electrons. The molecule has 36 heavy (non-hydrogen) atoms. The molecule has 0 saturated carbocycles. The molecule has 0 unspecified atom stereocenters. The second kappa shape index (κ2) is 10.3. The van der Waals surface area contributed by atoms with E-state index >= 15 is 0 Å². The summed E-state index contributed by atoms with van der Waals surface area (Å²) in [6, 6.07) is 14.2. The molecule has 9 nitrogen and oxygen atoms in total. The number of rotatable bonds is 6. The SMILES string of the molecule is OCc1cccc(-c2nc(N3CCOCC3)c3ncn(C4CCN(Cc5ccccn5)CC4)c3n2)c1. The number of fused-ring (bicyclic) bond motifs is 1. The number of imidazole rings is 1. The van der Waals surface area contributed by atoms with Gasteiger partial charge in [-0.3, -0.25) is 9.88 Å². The van der Waals surface area contributed by atoms with Gasteiger partial charge in [0.05, 0.1) is 31.8 Å². The van der Waals surface area contributed by atoms with Crippen LogP contribution in [0.1, 0.15) is 30.1 Å². The van der Waals surface area contributed by atoms with Crippen molar-refractivity contribution in [2.24, 2.45) is 0 Å². The van der Waals surface area contributed by atoms with Gasteiger partial charge in [-0.05, 0) is 36.6 Å². The average molecular weight is 486 g/mol. The van der Waals surface area contributed by atoms with E-state index in [4.69, 9.17) is 19.7 Å². The van der Waals surface area contributed by atoms with E-state index in [2.05, 4.69) is 25.4 Å². The zero-order chi connectivity index (χ0) is 24.3. The summed E-state index contributed by atoms with van der Waals surface area (Å²) in [5.74, 6) is 1.52. The van der Waals surface area contributed by atoms with Gasteiger partial charge in [0.25, 0.3) is 0 Å². The van der Waals surface area contributed by atoms with E-state index in [1.54, 1.807) is 0 Å². The summed E-state index contributed by atoms with van der Waals surface area (Å²) < 4.78 is 7.83. The minimum atomic E-state index is -0.0125. The van der Waals surface area contributed by atoms with Crippen molar-refractivity contribution >= 4 is 17.0 Å². The number of likely N-dealkylation sites (tertiary alicyclic amines) is 1. The molecule has 2 fully saturated rings. The normalized spacial score (nSPS) is 17.6. The lowest BCUT2D eigenvalue weighted by atomic mass is 10.0. The maximum Gasteiger partial charge on any atom is 0.166 e. The molecule has 0 aliphatic carbocycles. The van der Waals surface area contributed by atoms with Gasteiger partial charge >= 0.3 is 0 Å². The van der Waals surface area contributed by atoms with Crippen LogP contribution < -0.4 is 4.90 Å². The average Bonchev–Trinajstić information content (AvgIpc) is 3.38. The summed E-state index contributed by atoms with van der Waals surface area (Å²) in [6.45, 7) is 5.80. The highest BCUT2D eigenvalue weighted by Crippen LogP contribution is 2.32. The standard InChI is InChI=1S/C27H31N7O2/c35-18-20-4-3-5-21(16-20)25-30-26(33-12-14-36-15-13-33)24-27(31-25)34(19-29-24)23-7-10-32(11-8-23)17-22-6-1-2-9-28-22/h1-6,9,16,19,23,35H,7-8,10-15,17-18H2. The first-order valence-electron chi connectivity index (χ1n) is 12.7. The summed E-state index contributed by atoms with van der Waals surface area (Å²) >= 11 is 0. The molecule has 0 spiro atoms. The lowest BCUT2D eigenvalue weighted by Gasteiger charge is -2.32. The fraction of sp³-hybridized carbons (Fsp3) is 0.407. The molecular formula is C27H31N7O2. The first-order valence-corrected chi connectivity index (χ1v) is 12.7. The fourth-order valence-corrected chi connectivity index (χ4v) is 5.18. The van der Waals surface area contributed by atoms with Gasteiger partial charge in [0.2, 0.25) is 0 Å². The first-order chi connectivity index (χ1) is 17.8. The predicted molar refractivity (Wildman–Crippen MR) is 137 cm³/mol. The van der Waals surface area contributed by atoms with E-state index in [0.717, 1.165) is 79.4 Å². The van der Waals surface area contributed by atoms with Gasteiger partial charge in [-0.1, -0.05) is 24.3 Å². The van der Waals surface area contributed by atoms with Crippen LogP contribution in [0.5, 0.6) is 0 Å². The Morgan fingerprint density at radius 1 is 0.944 bits per heavy atom. The lowest BCUT2D eigenvalue weighted by molar-refractivity contribution is 0.122. The molecule has 2 saturated heterocycles. The Bertz CT molecular complexity index is 1310. The maximum absolute atomic E-state index is 9.65. The summed E-state index contributed by atoms with van der Waals surface area (Å²) in [5, 5.41) is 9.65. The van der Waals surface area contributed by atoms with Crippen molar-refractivity contribution < 1.29 is 9.84 Å². The molecule has 2 aliphatic heterocycles. The second-order valence-corrected chi connectivity index (χ2v) is 9.48. The Kier molecular flexibility index (Phi) is 6.59. The third kappa shape index (κ3) is 4.69. The van der Waals surface area contributed by atoms with Crippen LogP contribution in [-0.2, 0) is 17.9 Å². The van der Waals surface area contributed by atoms with Crippen molar-refractivity contribution in [2.75, 3.05) is 44.3 Å². The minimum Gasteiger partial charge on any atom is -0.392 e. The molecule has 6 rings (SSSR count). The number of piperidine rings is 1. The van der Waals surface area contributed by atoms with Gasteiger partial charge in [0.15, 0.2) is 22.8 Å². The molecule has 4 aromatic rings. The van der Waals surface area contributed by atoms with Crippen LogP contribution in [0.25, 0.3) is 22.6 Å². The zero-order valence-corrected chi connectivity index (χ0v) is 20.3. The van der Waals surface area contributed by atoms with Crippen molar-refractivity contribution in [3.05, 3.63) is 66.2 Å². The number of morpholine rings is 1. The molecule has 0 amide bonds. The molecule has 186 valence electrons. The Balaban J connectivity index is 1.32. The Morgan fingerprint density at radius 2 is 1.81 bits per heavy atom. The molecule has 2 aliphatic rings. The van der Waals surface area contributed by atoms with Gasteiger partial charge in [-0.25, -0.2) is 15.0 Å². The molecule has 5 heterocycles. The Hall–Kier alpha value is -3.40. The number of pyridine rings is 1. The van der Waals surface area contributed by atoms with Crippen LogP contribution in [0.4, 0.5) is 5.82 Å². The van der Waals surface area contributed by atoms with Gasteiger partial charge in [-0.15, -0.1) is 0 Å². The number of hydrogen-bond acceptors (Lipinski definition) is 8. The quantitative estimate of drug-likeness (QED) is 0.446. The number of nitrogens with zero attached hydrogens (tertiary/aromatic N) is 7. The number of aromatic nitrogens is 5. The van der Waals surface area contributed by atoms with E-state index < -0.39 is 0 Å². The van der Waals surface area contributed by atoms with Crippen molar-refractivity contribution in [3.8, 4) is 11.4 Å². The van der Waals surface area contributed by atoms with Crippen LogP contribution in [0, 0.1) is 0 Å². The molecule has 1 N–H and O–H groups in total. The molecule has 0 bridgehead atoms. The number of aliphatic hydroxyl groups excluding tert-OH is 1. The van der Waals surface area contributed by atoms with E-state index in [1.165, 1.54) is 0 Å². The maximum atomic E-state index is 9.65. The van der Waals surface area contributed by atoms with Gasteiger partial charge in [-0.2, -0.15) is 0 Å². The predicted octanol–water partition coefficient (Wildman–Crippen LogP) is 3.05. The Labute approximate surface area is 210 Å². The van der Waals surface area contributed by atoms with E-state index in [9.17, 15) is 5.11 Å². The van der Waals surface area contributed by atoms with Gasteiger partial charge < -0.3 is 19.3 Å². The highest BCUT2D eigenvalue weighted by Gasteiger charge is 2.26. The van der Waals surface area contributed by atoms with Crippen molar-refractivity contribution in [1.82, 2.24) is 29.4 Å². The summed E-state index contributed by atoms with van der Waals surface area (Å²) in [5.41, 5.74) is 4.57. The highest BCUT2D eigenvalue weighted by molar-refractivity contribution is 5.86. The number of anilines is 1. The third-order valence-corrected chi connectivity index (χ3v) is 7.14. The Morgan fingerprint density at radius 3 is 2.58 bits per heavy atom. The summed E-state index contributed by atoms with van der Waals surface area (Å²) in [6.07, 6.45) is 5.87. The first kappa shape index (κ1) is 23.0. The molecule has 0 atom stereocenters. The van der Waals surface area contributed by atoms with Crippen LogP contribution >= 0.6 is 0 Å². The second-order valence-electron chi connectivity index (χ2n) is 9.48. The van der Waals surface area contributed by atoms with E-state index in [1.807, 2.05) is 48.9 Å². The molecular weight excluding hydrogens is 454 g/mol. The van der Waals surface area contributed by atoms with Crippen LogP contribution in [0.3, 0.4) is 0 Å². The largest absolute Gasteiger partial charge is 0.392 e. The number of aliphatic hydroxyl groups is 1. The van der Waals surface area contributed by atoms with Crippen LogP contribution in [0.2, 0.25) is 0 Å². The number of hydrogen-bond donors (Lipinski definition) is 1. The minimum absolute atomic E-state index is 0.0125. The third-order valence-electron chi connectivity index (χ3n) is 7.14. The van der Waals surface area contributed by atoms with E-state index in [-0.39, 0.29) is 6.61 Å². The molecule has 1 aromatic carbocycles. The summed E-state index contributed by atoms with van der Waals surface area (Å²) in [7, 11) is 0. The van der Waals surface area contributed by atoms with Crippen LogP contribution in [-0.4, -0.2) is 73.9 Å². The summed E-state index contributed by atoms with van der Waals surface area (Å²) in [4.78, 5) is 24.0. The zero-order valence-electron chi connectivity index (χ0n) is 20.3. The van der Waals surface area contributed by atoms with E-state index in [0.29, 0.717) is 25.1 Å². The van der Waals surface area contributed by atoms with Crippen molar-refractivity contribution in [3.63, 3.8) is 0 Å². The number of ether oxygens (including phenoxy) is 1. The number of benzene rings is 1.